The molecule has 4 fully saturated rings. The molecule has 1 unspecified atom stereocenters. The summed E-state index contributed by atoms with van der Waals surface area (Å²) in [6.07, 6.45) is 24.1. The molecule has 0 bridgehead atoms. The van der Waals surface area contributed by atoms with Crippen molar-refractivity contribution in [3.8, 4) is 0 Å². The van der Waals surface area contributed by atoms with Crippen LogP contribution in [0.5, 0.6) is 0 Å². The lowest BCUT2D eigenvalue weighted by Gasteiger charge is -2.35. The summed E-state index contributed by atoms with van der Waals surface area (Å²) in [5.74, 6) is 0.765. The Balaban J connectivity index is 0.996. The van der Waals surface area contributed by atoms with Gasteiger partial charge in [0.05, 0.1) is 12.1 Å². The number of likely N-dealkylation sites (tertiary alicyclic amines) is 2. The fourth-order valence-electron chi connectivity index (χ4n) is 12.4. The van der Waals surface area contributed by atoms with Crippen LogP contribution in [0.25, 0.3) is 0 Å². The molecule has 0 aromatic heterocycles. The Morgan fingerprint density at radius 3 is 1.24 bits per heavy atom. The number of rotatable bonds is 31. The van der Waals surface area contributed by atoms with Crippen molar-refractivity contribution >= 4 is 35.4 Å². The summed E-state index contributed by atoms with van der Waals surface area (Å²) in [6, 6.07) is 18.4. The topological polar surface area (TPSA) is 163 Å². The molecule has 2 aliphatic carbocycles. The maximum Gasteiger partial charge on any atom is 0.245 e. The van der Waals surface area contributed by atoms with Crippen molar-refractivity contribution in [3.05, 3.63) is 71.8 Å². The summed E-state index contributed by atoms with van der Waals surface area (Å²) >= 11 is 0. The van der Waals surface area contributed by atoms with Crippen LogP contribution < -0.4 is 21.3 Å². The highest BCUT2D eigenvalue weighted by Gasteiger charge is 2.39. The van der Waals surface area contributed by atoms with E-state index in [-0.39, 0.29) is 47.5 Å². The zero-order valence-electron chi connectivity index (χ0n) is 47.3. The van der Waals surface area contributed by atoms with Crippen molar-refractivity contribution in [1.29, 1.82) is 0 Å². The van der Waals surface area contributed by atoms with E-state index in [1.54, 1.807) is 14.1 Å². The Bertz CT molecular complexity index is 1920. The maximum atomic E-state index is 14.4. The molecule has 14 heteroatoms. The lowest BCUT2D eigenvalue weighted by molar-refractivity contribution is -0.140. The van der Waals surface area contributed by atoms with Crippen LogP contribution in [0.2, 0.25) is 0 Å². The number of nitrogens with zero attached hydrogens (tertiary/aromatic N) is 4. The summed E-state index contributed by atoms with van der Waals surface area (Å²) in [5.41, 5.74) is 2.36. The van der Waals surface area contributed by atoms with Crippen LogP contribution in [0.15, 0.2) is 60.7 Å². The van der Waals surface area contributed by atoms with Crippen LogP contribution in [0, 0.1) is 11.8 Å². The van der Waals surface area contributed by atoms with Crippen LogP contribution in [-0.2, 0) is 41.6 Å². The Morgan fingerprint density at radius 1 is 0.500 bits per heavy atom. The average Bonchev–Trinajstić information content (AvgIpc) is 4.13. The summed E-state index contributed by atoms with van der Waals surface area (Å²) in [6.45, 7) is 7.08. The molecule has 4 aliphatic rings. The summed E-state index contributed by atoms with van der Waals surface area (Å²) in [7, 11) is 3.52. The zero-order chi connectivity index (χ0) is 54.1. The number of benzene rings is 2. The molecule has 4 N–H and O–H groups in total. The summed E-state index contributed by atoms with van der Waals surface area (Å²) in [5, 5.41) is 12.3. The fourth-order valence-corrected chi connectivity index (χ4v) is 12.4. The first-order valence-corrected chi connectivity index (χ1v) is 30.1. The van der Waals surface area contributed by atoms with Gasteiger partial charge < -0.3 is 40.9 Å². The molecule has 76 heavy (non-hydrogen) atoms. The highest BCUT2D eigenvalue weighted by atomic mass is 16.2. The van der Waals surface area contributed by atoms with Crippen LogP contribution in [0.3, 0.4) is 0 Å². The molecule has 14 nitrogen and oxygen atoms in total. The smallest absolute Gasteiger partial charge is 0.245 e. The van der Waals surface area contributed by atoms with Gasteiger partial charge in [-0.2, -0.15) is 0 Å². The van der Waals surface area contributed by atoms with Gasteiger partial charge in [0.25, 0.3) is 0 Å². The van der Waals surface area contributed by atoms with Crippen LogP contribution in [0.1, 0.15) is 179 Å². The van der Waals surface area contributed by atoms with Crippen LogP contribution >= 0.6 is 0 Å². The van der Waals surface area contributed by atoms with E-state index in [9.17, 15) is 28.8 Å². The third kappa shape index (κ3) is 19.6. The minimum absolute atomic E-state index is 0.00872. The normalized spacial score (nSPS) is 19.9. The van der Waals surface area contributed by atoms with Gasteiger partial charge in [-0.05, 0) is 115 Å². The molecule has 2 aromatic carbocycles. The van der Waals surface area contributed by atoms with Gasteiger partial charge in [-0.3, -0.25) is 28.8 Å². The van der Waals surface area contributed by atoms with Crippen molar-refractivity contribution in [1.82, 2.24) is 40.9 Å². The summed E-state index contributed by atoms with van der Waals surface area (Å²) < 4.78 is 0. The Morgan fingerprint density at radius 2 is 0.868 bits per heavy atom. The molecular formula is C62H98N8O6. The van der Waals surface area contributed by atoms with E-state index in [0.717, 1.165) is 103 Å². The molecule has 0 radical (unpaired) electrons. The Labute approximate surface area is 457 Å². The molecule has 2 saturated heterocycles. The number of carbonyl (C=O) groups is 6. The van der Waals surface area contributed by atoms with Gasteiger partial charge in [0.2, 0.25) is 35.4 Å². The number of nitrogens with one attached hydrogen (secondary N) is 4. The lowest BCUT2D eigenvalue weighted by atomic mass is 9.84. The van der Waals surface area contributed by atoms with Crippen molar-refractivity contribution in [2.75, 3.05) is 53.4 Å². The molecule has 0 spiro atoms. The van der Waals surface area contributed by atoms with Crippen LogP contribution in [-0.4, -0.2) is 145 Å². The molecule has 2 saturated carbocycles. The standard InChI is InChI=1S/C62H98N8O6/c1-47(63-3)59(73)65-55(43-51-29-17-11-18-30-51)61(75)69-39-23-33-53(69)45-67(41-37-49-25-13-9-14-26-49)57(71)35-21-7-5-6-8-22-36-58(72)68(42-38-50-27-15-10-16-28-50)46-54-34-24-40-70(54)62(76)56(66-60(74)48(2)64-4)44-52-31-19-12-20-32-52/h9-10,13-16,25-28,47-48,51-56,63-64H,5-8,11-12,17-24,29-46H2,1-4H3,(H,65,73)(H,66,74)/t47-,48-,53-,54-,55-,56?/m0/s1. The number of amides is 6. The molecule has 422 valence electrons. The van der Waals surface area contributed by atoms with Gasteiger partial charge in [0.1, 0.15) is 12.1 Å². The van der Waals surface area contributed by atoms with Crippen molar-refractivity contribution in [2.24, 2.45) is 11.8 Å². The second-order valence-electron chi connectivity index (χ2n) is 23.0. The lowest BCUT2D eigenvalue weighted by Crippen LogP contribution is -2.55. The van der Waals surface area contributed by atoms with E-state index >= 15 is 0 Å². The van der Waals surface area contributed by atoms with Gasteiger partial charge in [0.15, 0.2) is 0 Å². The van der Waals surface area contributed by atoms with E-state index in [1.807, 2.05) is 69.8 Å². The van der Waals surface area contributed by atoms with Crippen LogP contribution in [0.4, 0.5) is 0 Å². The maximum absolute atomic E-state index is 14.4. The molecule has 2 heterocycles. The number of hydrogen-bond acceptors (Lipinski definition) is 8. The van der Waals surface area contributed by atoms with E-state index in [1.165, 1.54) is 49.7 Å². The fraction of sp³-hybridized carbons (Fsp3) is 0.710. The van der Waals surface area contributed by atoms with Gasteiger partial charge >= 0.3 is 0 Å². The largest absolute Gasteiger partial charge is 0.343 e. The molecule has 2 aromatic rings. The summed E-state index contributed by atoms with van der Waals surface area (Å²) in [4.78, 5) is 91.5. The first-order valence-electron chi connectivity index (χ1n) is 30.1. The third-order valence-electron chi connectivity index (χ3n) is 17.4. The molecule has 6 rings (SSSR count). The average molecular weight is 1050 g/mol. The van der Waals surface area contributed by atoms with Gasteiger partial charge in [-0.1, -0.05) is 151 Å². The molecule has 6 atom stereocenters. The highest BCUT2D eigenvalue weighted by Crippen LogP contribution is 2.31. The second-order valence-corrected chi connectivity index (χ2v) is 23.0. The highest BCUT2D eigenvalue weighted by molar-refractivity contribution is 5.91. The third-order valence-corrected chi connectivity index (χ3v) is 17.4. The van der Waals surface area contributed by atoms with Crippen molar-refractivity contribution in [3.63, 3.8) is 0 Å². The number of carbonyl (C=O) groups excluding carboxylic acids is 6. The van der Waals surface area contributed by atoms with Gasteiger partial charge in [0, 0.05) is 64.2 Å². The SMILES string of the molecule is CN[C@@H](C)C(=O)NC(CC1CCCCC1)C(=O)N1CCC[C@H]1CN(CCc1ccccc1)C(=O)CCCCCCCCC(=O)N(CCc1ccccc1)C[C@@H]1CCCN1C(=O)[C@H](CC1CCCCC1)NC(=O)[C@H](C)NC. The van der Waals surface area contributed by atoms with E-state index < -0.39 is 24.2 Å². The van der Waals surface area contributed by atoms with Crippen molar-refractivity contribution < 1.29 is 28.8 Å². The molecule has 2 aliphatic heterocycles. The zero-order valence-corrected chi connectivity index (χ0v) is 47.3. The Kier molecular flexibility index (Phi) is 26.1. The van der Waals surface area contributed by atoms with Crippen molar-refractivity contribution in [2.45, 2.75) is 217 Å². The van der Waals surface area contributed by atoms with E-state index in [0.29, 0.717) is 76.8 Å². The molecule has 6 amide bonds. The first-order chi connectivity index (χ1) is 36.9. The van der Waals surface area contributed by atoms with E-state index in [2.05, 4.69) is 45.5 Å². The second kappa shape index (κ2) is 32.8. The predicted octanol–water partition coefficient (Wildman–Crippen LogP) is 8.36. The number of hydrogen-bond donors (Lipinski definition) is 4. The predicted molar refractivity (Wildman–Crippen MR) is 303 cm³/mol. The number of likely N-dealkylation sites (N-methyl/N-ethyl adjacent to an activating group) is 2. The number of unbranched alkanes of at least 4 members (excludes halogenated alkanes) is 5. The molecular weight excluding hydrogens is 953 g/mol. The van der Waals surface area contributed by atoms with Gasteiger partial charge in [-0.25, -0.2) is 0 Å². The monoisotopic (exact) mass is 1050 g/mol. The van der Waals surface area contributed by atoms with E-state index in [4.69, 9.17) is 0 Å². The first kappa shape index (κ1) is 60.4. The minimum atomic E-state index is -0.569. The van der Waals surface area contributed by atoms with Gasteiger partial charge in [-0.15, -0.1) is 0 Å². The minimum Gasteiger partial charge on any atom is -0.343 e. The Hall–Kier alpha value is -4.82. The quantitative estimate of drug-likeness (QED) is 0.0548.